The van der Waals surface area contributed by atoms with Crippen LogP contribution in [0.15, 0.2) is 48.7 Å². The minimum atomic E-state index is -0.726. The number of carbonyl (C=O) groups is 4. The number of ether oxygens (including phenoxy) is 3. The van der Waals surface area contributed by atoms with Crippen molar-refractivity contribution in [2.24, 2.45) is 17.8 Å². The summed E-state index contributed by atoms with van der Waals surface area (Å²) in [6.07, 6.45) is 2.87. The molecular formula is C45H54N8O7. The van der Waals surface area contributed by atoms with Crippen LogP contribution in [0.5, 0.6) is 5.75 Å². The Morgan fingerprint density at radius 1 is 0.833 bits per heavy atom. The van der Waals surface area contributed by atoms with Crippen LogP contribution in [0, 0.1) is 17.8 Å². The number of aromatic amines is 2. The van der Waals surface area contributed by atoms with Crippen molar-refractivity contribution >= 4 is 45.8 Å². The third kappa shape index (κ3) is 7.38. The zero-order chi connectivity index (χ0) is 42.6. The molecule has 316 valence electrons. The van der Waals surface area contributed by atoms with Crippen LogP contribution in [0.3, 0.4) is 0 Å². The number of methoxy groups -OCH3 is 2. The van der Waals surface area contributed by atoms with Crippen LogP contribution >= 0.6 is 0 Å². The predicted molar refractivity (Wildman–Crippen MR) is 226 cm³/mol. The molecule has 2 aromatic heterocycles. The molecule has 4 amide bonds. The molecular weight excluding hydrogens is 765 g/mol. The van der Waals surface area contributed by atoms with Gasteiger partial charge in [0, 0.05) is 23.5 Å². The Labute approximate surface area is 348 Å². The fourth-order valence-electron chi connectivity index (χ4n) is 9.19. The highest BCUT2D eigenvalue weighted by molar-refractivity contribution is 6.07. The van der Waals surface area contributed by atoms with Crippen LogP contribution in [0.2, 0.25) is 0 Å². The monoisotopic (exact) mass is 818 g/mol. The second kappa shape index (κ2) is 16.1. The lowest BCUT2D eigenvalue weighted by Crippen LogP contribution is -2.52. The molecule has 2 fully saturated rings. The summed E-state index contributed by atoms with van der Waals surface area (Å²) in [7, 11) is 2.59. The van der Waals surface area contributed by atoms with E-state index in [-0.39, 0.29) is 47.7 Å². The Balaban J connectivity index is 1.05. The Bertz CT molecular complexity index is 2470. The molecule has 6 atom stereocenters. The molecule has 0 aliphatic carbocycles. The third-order valence-electron chi connectivity index (χ3n) is 12.4. The molecule has 60 heavy (non-hydrogen) atoms. The second-order valence-electron chi connectivity index (χ2n) is 17.2. The summed E-state index contributed by atoms with van der Waals surface area (Å²) in [4.78, 5) is 72.6. The fourth-order valence-corrected chi connectivity index (χ4v) is 9.19. The zero-order valence-corrected chi connectivity index (χ0v) is 35.4. The maximum Gasteiger partial charge on any atom is 0.407 e. The van der Waals surface area contributed by atoms with E-state index in [2.05, 4.69) is 63.9 Å². The molecule has 15 nitrogen and oxygen atoms in total. The molecule has 0 bridgehead atoms. The van der Waals surface area contributed by atoms with Gasteiger partial charge in [0.1, 0.15) is 36.1 Å². The Morgan fingerprint density at radius 2 is 1.55 bits per heavy atom. The molecule has 5 aromatic rings. The summed E-state index contributed by atoms with van der Waals surface area (Å²) >= 11 is 0. The first-order valence-electron chi connectivity index (χ1n) is 20.9. The summed E-state index contributed by atoms with van der Waals surface area (Å²) in [6, 6.07) is 12.7. The van der Waals surface area contributed by atoms with Gasteiger partial charge in [-0.15, -0.1) is 0 Å². The smallest absolute Gasteiger partial charge is 0.407 e. The highest BCUT2D eigenvalue weighted by atomic mass is 16.5. The minimum absolute atomic E-state index is 0.0255. The van der Waals surface area contributed by atoms with Crippen LogP contribution in [-0.2, 0) is 25.7 Å². The molecule has 5 heterocycles. The number of likely N-dealkylation sites (tertiary alicyclic amines) is 2. The zero-order valence-electron chi connectivity index (χ0n) is 35.4. The number of hydrogen-bond acceptors (Lipinski definition) is 9. The molecule has 15 heteroatoms. The molecule has 2 saturated heterocycles. The normalized spacial score (nSPS) is 20.8. The van der Waals surface area contributed by atoms with Crippen LogP contribution in [0.1, 0.15) is 90.1 Å². The number of nitrogens with one attached hydrogen (secondary N) is 4. The van der Waals surface area contributed by atoms with E-state index in [9.17, 15) is 19.2 Å². The molecule has 3 aliphatic rings. The molecule has 3 aliphatic heterocycles. The topological polar surface area (TPSA) is 184 Å². The molecule has 8 rings (SSSR count). The van der Waals surface area contributed by atoms with Gasteiger partial charge in [0.05, 0.1) is 49.2 Å². The van der Waals surface area contributed by atoms with Gasteiger partial charge < -0.3 is 44.6 Å². The molecule has 4 N–H and O–H groups in total. The maximum atomic E-state index is 14.0. The van der Waals surface area contributed by atoms with Crippen LogP contribution in [0.25, 0.3) is 44.2 Å². The van der Waals surface area contributed by atoms with Gasteiger partial charge in [-0.05, 0) is 90.3 Å². The van der Waals surface area contributed by atoms with Gasteiger partial charge in [-0.2, -0.15) is 0 Å². The summed E-state index contributed by atoms with van der Waals surface area (Å²) in [6.45, 7) is 12.7. The summed E-state index contributed by atoms with van der Waals surface area (Å²) in [5, 5.41) is 7.42. The average molecular weight is 819 g/mol. The molecule has 0 spiro atoms. The van der Waals surface area contributed by atoms with Gasteiger partial charge in [-0.25, -0.2) is 19.6 Å². The van der Waals surface area contributed by atoms with E-state index in [1.165, 1.54) is 14.2 Å². The maximum absolute atomic E-state index is 14.0. The van der Waals surface area contributed by atoms with Crippen molar-refractivity contribution < 1.29 is 33.4 Å². The van der Waals surface area contributed by atoms with Crippen molar-refractivity contribution in [3.63, 3.8) is 0 Å². The first-order valence-corrected chi connectivity index (χ1v) is 20.9. The molecule has 3 aromatic carbocycles. The van der Waals surface area contributed by atoms with Gasteiger partial charge in [0.2, 0.25) is 11.8 Å². The Morgan fingerprint density at radius 3 is 2.25 bits per heavy atom. The number of hydrogen-bond donors (Lipinski definition) is 4. The number of amides is 4. The lowest BCUT2D eigenvalue weighted by atomic mass is 9.92. The Hall–Kier alpha value is -6.12. The van der Waals surface area contributed by atoms with Crippen molar-refractivity contribution in [3.05, 3.63) is 65.9 Å². The van der Waals surface area contributed by atoms with Crippen molar-refractivity contribution in [2.75, 3.05) is 20.8 Å². The van der Waals surface area contributed by atoms with Crippen molar-refractivity contribution in [2.45, 2.75) is 97.6 Å². The number of rotatable bonds is 9. The van der Waals surface area contributed by atoms with Gasteiger partial charge in [0.15, 0.2) is 0 Å². The SMILES string of the molecule is COC(=O)NC(C(=O)N1CC(C)CC1c1ncc(-c2ccc3c(c2)COc2cc4c(ccc5[nH]c([C@@H]6CC[C@H](C)N6C(=O)C(NC(=O)OC)C(C)C)nc54)cc2-3)[nH]1)C(C)C. The number of fused-ring (bicyclic) bond motifs is 6. The standard InChI is InChI=1S/C45H54N8O7/c1-22(2)37(50-44(56)58-7)42(54)52-20-24(5)15-35(52)40-46-19-33(48-40)27-10-12-29-28(16-27)21-60-36-18-30-26(17-31(29)36)11-13-32-39(30)49-41(47-32)34-14-9-25(6)53(34)43(55)38(23(3)4)51-45(57)59-8/h10-13,16-19,22-25,34-35,37-38H,9,14-15,20-21H2,1-8H3,(H,46,48)(H,47,49)(H,50,56)(H,51,57)/t24?,25-,34-,35?,37?,38?/m0/s1. The Kier molecular flexibility index (Phi) is 10.9. The van der Waals surface area contributed by atoms with Gasteiger partial charge in [0.25, 0.3) is 0 Å². The minimum Gasteiger partial charge on any atom is -0.488 e. The van der Waals surface area contributed by atoms with E-state index in [0.717, 1.165) is 74.8 Å². The van der Waals surface area contributed by atoms with E-state index in [1.807, 2.05) is 56.7 Å². The lowest BCUT2D eigenvalue weighted by Gasteiger charge is -2.32. The van der Waals surface area contributed by atoms with Gasteiger partial charge in [-0.1, -0.05) is 52.8 Å². The highest BCUT2D eigenvalue weighted by Crippen LogP contribution is 2.44. The average Bonchev–Trinajstić information content (AvgIpc) is 4.05. The predicted octanol–water partition coefficient (Wildman–Crippen LogP) is 7.39. The summed E-state index contributed by atoms with van der Waals surface area (Å²) in [5.41, 5.74) is 6.58. The first kappa shape index (κ1) is 40.7. The number of alkyl carbamates (subject to hydrolysis) is 2. The lowest BCUT2D eigenvalue weighted by molar-refractivity contribution is -0.137. The number of aromatic nitrogens is 4. The molecule has 0 saturated carbocycles. The van der Waals surface area contributed by atoms with E-state index in [4.69, 9.17) is 24.2 Å². The van der Waals surface area contributed by atoms with Crippen LogP contribution in [0.4, 0.5) is 9.59 Å². The molecule has 0 radical (unpaired) electrons. The van der Waals surface area contributed by atoms with E-state index in [0.29, 0.717) is 24.8 Å². The van der Waals surface area contributed by atoms with Crippen LogP contribution < -0.4 is 15.4 Å². The van der Waals surface area contributed by atoms with Crippen molar-refractivity contribution in [1.82, 2.24) is 40.4 Å². The number of nitrogens with zero attached hydrogens (tertiary/aromatic N) is 4. The largest absolute Gasteiger partial charge is 0.488 e. The second-order valence-corrected chi connectivity index (χ2v) is 17.2. The fraction of sp³-hybridized carbons (Fsp3) is 0.467. The van der Waals surface area contributed by atoms with Crippen molar-refractivity contribution in [3.8, 4) is 28.1 Å². The number of carbonyl (C=O) groups excluding carboxylic acids is 4. The van der Waals surface area contributed by atoms with Gasteiger partial charge >= 0.3 is 12.2 Å². The third-order valence-corrected chi connectivity index (χ3v) is 12.4. The number of benzene rings is 3. The van der Waals surface area contributed by atoms with E-state index < -0.39 is 24.3 Å². The van der Waals surface area contributed by atoms with Crippen LogP contribution in [-0.4, -0.2) is 92.6 Å². The van der Waals surface area contributed by atoms with Crippen molar-refractivity contribution in [1.29, 1.82) is 0 Å². The highest BCUT2D eigenvalue weighted by Gasteiger charge is 2.42. The number of imidazole rings is 2. The quantitative estimate of drug-likeness (QED) is 0.118. The van der Waals surface area contributed by atoms with E-state index >= 15 is 0 Å². The summed E-state index contributed by atoms with van der Waals surface area (Å²) in [5.74, 6) is 1.89. The summed E-state index contributed by atoms with van der Waals surface area (Å²) < 4.78 is 16.0. The first-order chi connectivity index (χ1) is 28.8. The molecule has 4 unspecified atom stereocenters. The van der Waals surface area contributed by atoms with Gasteiger partial charge in [-0.3, -0.25) is 9.59 Å². The number of H-pyrrole nitrogens is 2. The van der Waals surface area contributed by atoms with E-state index in [1.54, 1.807) is 0 Å².